The van der Waals surface area contributed by atoms with Crippen LogP contribution >= 0.6 is 0 Å². The third-order valence-electron chi connectivity index (χ3n) is 5.82. The Kier molecular flexibility index (Phi) is 5.94. The van der Waals surface area contributed by atoms with Crippen molar-refractivity contribution in [3.63, 3.8) is 0 Å². The Morgan fingerprint density at radius 1 is 1.40 bits per heavy atom. The molecule has 25 heavy (non-hydrogen) atoms. The molecule has 0 spiro atoms. The van der Waals surface area contributed by atoms with Crippen molar-refractivity contribution in [3.05, 3.63) is 30.1 Å². The van der Waals surface area contributed by atoms with E-state index >= 15 is 0 Å². The maximum absolute atomic E-state index is 12.6. The van der Waals surface area contributed by atoms with Crippen LogP contribution in [0.4, 0.5) is 0 Å². The predicted octanol–water partition coefficient (Wildman–Crippen LogP) is 3.01. The fourth-order valence-electron chi connectivity index (χ4n) is 4.47. The number of carbonyl (C=O) groups excluding carboxylic acids is 1. The molecular formula is C20H32N4O. The fraction of sp³-hybridized carbons (Fsp3) is 0.700. The highest BCUT2D eigenvalue weighted by Crippen LogP contribution is 2.36. The maximum Gasteiger partial charge on any atom is 0.222 e. The number of hydrogen-bond acceptors (Lipinski definition) is 3. The highest BCUT2D eigenvalue weighted by molar-refractivity contribution is 5.76. The van der Waals surface area contributed by atoms with Gasteiger partial charge in [0, 0.05) is 44.9 Å². The van der Waals surface area contributed by atoms with Crippen molar-refractivity contribution in [1.82, 2.24) is 19.6 Å². The van der Waals surface area contributed by atoms with Gasteiger partial charge in [-0.15, -0.1) is 0 Å². The lowest BCUT2D eigenvalue weighted by molar-refractivity contribution is -0.131. The van der Waals surface area contributed by atoms with Gasteiger partial charge < -0.3 is 4.90 Å². The minimum Gasteiger partial charge on any atom is -0.345 e. The standard InChI is InChI=1S/C20H32N4O/c1-4-24-11-7-10-17(20(24)18-13-21-23(3)15-18)14-22(2)19(25)12-16-8-5-6-9-16/h5,8,13,15-17,20H,4,6-7,9-12,14H2,1-3H3/t16-,17-,20+/m0/s1. The average molecular weight is 345 g/mol. The van der Waals surface area contributed by atoms with Crippen molar-refractivity contribution in [3.8, 4) is 0 Å². The summed E-state index contributed by atoms with van der Waals surface area (Å²) in [4.78, 5) is 17.1. The number of nitrogens with zero attached hydrogens (tertiary/aromatic N) is 4. The number of rotatable bonds is 6. The van der Waals surface area contributed by atoms with Crippen LogP contribution in [0.3, 0.4) is 0 Å². The van der Waals surface area contributed by atoms with Crippen molar-refractivity contribution in [1.29, 1.82) is 0 Å². The Bertz CT molecular complexity index is 609. The van der Waals surface area contributed by atoms with Gasteiger partial charge in [-0.1, -0.05) is 19.1 Å². The smallest absolute Gasteiger partial charge is 0.222 e. The van der Waals surface area contributed by atoms with Crippen LogP contribution in [0.1, 0.15) is 50.6 Å². The topological polar surface area (TPSA) is 41.4 Å². The molecule has 1 aromatic rings. The first kappa shape index (κ1) is 18.2. The summed E-state index contributed by atoms with van der Waals surface area (Å²) in [5.41, 5.74) is 1.29. The number of allylic oxidation sites excluding steroid dienone is 2. The largest absolute Gasteiger partial charge is 0.345 e. The third-order valence-corrected chi connectivity index (χ3v) is 5.82. The molecule has 0 saturated carbocycles. The van der Waals surface area contributed by atoms with Crippen LogP contribution in [-0.2, 0) is 11.8 Å². The normalized spacial score (nSPS) is 26.9. The molecule has 2 aliphatic rings. The number of aromatic nitrogens is 2. The van der Waals surface area contributed by atoms with Gasteiger partial charge >= 0.3 is 0 Å². The predicted molar refractivity (Wildman–Crippen MR) is 100 cm³/mol. The van der Waals surface area contributed by atoms with Gasteiger partial charge in [-0.3, -0.25) is 14.4 Å². The lowest BCUT2D eigenvalue weighted by atomic mass is 9.85. The summed E-state index contributed by atoms with van der Waals surface area (Å²) in [7, 11) is 3.95. The van der Waals surface area contributed by atoms with Crippen molar-refractivity contribution in [2.24, 2.45) is 18.9 Å². The Balaban J connectivity index is 1.67. The van der Waals surface area contributed by atoms with E-state index < -0.39 is 0 Å². The second-order valence-corrected chi connectivity index (χ2v) is 7.67. The SMILES string of the molecule is CCN1CCC[C@@H](CN(C)C(=O)C[C@H]2C=CCC2)[C@@H]1c1cnn(C)c1. The highest BCUT2D eigenvalue weighted by atomic mass is 16.2. The van der Waals surface area contributed by atoms with E-state index in [1.165, 1.54) is 18.4 Å². The summed E-state index contributed by atoms with van der Waals surface area (Å²) in [6.45, 7) is 5.25. The number of hydrogen-bond donors (Lipinski definition) is 0. The molecule has 3 rings (SSSR count). The van der Waals surface area contributed by atoms with E-state index in [1.807, 2.05) is 29.9 Å². The van der Waals surface area contributed by atoms with Crippen LogP contribution in [0.15, 0.2) is 24.5 Å². The molecule has 0 N–H and O–H groups in total. The van der Waals surface area contributed by atoms with Crippen LogP contribution in [0.25, 0.3) is 0 Å². The van der Waals surface area contributed by atoms with E-state index in [0.29, 0.717) is 24.3 Å². The van der Waals surface area contributed by atoms with Gasteiger partial charge in [-0.2, -0.15) is 5.10 Å². The third kappa shape index (κ3) is 4.32. The Morgan fingerprint density at radius 2 is 2.24 bits per heavy atom. The quantitative estimate of drug-likeness (QED) is 0.745. The van der Waals surface area contributed by atoms with E-state index in [2.05, 4.69) is 35.3 Å². The molecule has 1 aromatic heterocycles. The lowest BCUT2D eigenvalue weighted by Gasteiger charge is -2.42. The Labute approximate surface area is 151 Å². The number of carbonyl (C=O) groups is 1. The van der Waals surface area contributed by atoms with Crippen LogP contribution in [0.2, 0.25) is 0 Å². The van der Waals surface area contributed by atoms with E-state index in [-0.39, 0.29) is 5.91 Å². The molecule has 5 nitrogen and oxygen atoms in total. The molecule has 3 atom stereocenters. The first-order valence-electron chi connectivity index (χ1n) is 9.71. The van der Waals surface area contributed by atoms with Gasteiger partial charge in [0.2, 0.25) is 5.91 Å². The van der Waals surface area contributed by atoms with Crippen LogP contribution in [0.5, 0.6) is 0 Å². The number of aryl methyl sites for hydroxylation is 1. The van der Waals surface area contributed by atoms with E-state index in [4.69, 9.17) is 0 Å². The summed E-state index contributed by atoms with van der Waals surface area (Å²) in [6, 6.07) is 0.370. The zero-order chi connectivity index (χ0) is 17.8. The first-order chi connectivity index (χ1) is 12.1. The monoisotopic (exact) mass is 344 g/mol. The van der Waals surface area contributed by atoms with E-state index in [9.17, 15) is 4.79 Å². The van der Waals surface area contributed by atoms with Gasteiger partial charge in [-0.25, -0.2) is 0 Å². The molecule has 2 heterocycles. The van der Waals surface area contributed by atoms with Crippen LogP contribution < -0.4 is 0 Å². The molecule has 1 saturated heterocycles. The van der Waals surface area contributed by atoms with Crippen molar-refractivity contribution in [2.45, 2.75) is 45.1 Å². The van der Waals surface area contributed by atoms with E-state index in [0.717, 1.165) is 32.5 Å². The minimum absolute atomic E-state index is 0.287. The molecule has 0 radical (unpaired) electrons. The molecule has 1 fully saturated rings. The van der Waals surface area contributed by atoms with Crippen LogP contribution in [0, 0.1) is 11.8 Å². The lowest BCUT2D eigenvalue weighted by Crippen LogP contribution is -2.44. The van der Waals surface area contributed by atoms with Gasteiger partial charge in [-0.05, 0) is 50.6 Å². The zero-order valence-electron chi connectivity index (χ0n) is 15.9. The fourth-order valence-corrected chi connectivity index (χ4v) is 4.47. The molecular weight excluding hydrogens is 312 g/mol. The minimum atomic E-state index is 0.287. The molecule has 1 aliphatic carbocycles. The van der Waals surface area contributed by atoms with Gasteiger partial charge in [0.05, 0.1) is 6.20 Å². The Morgan fingerprint density at radius 3 is 2.88 bits per heavy atom. The van der Waals surface area contributed by atoms with Crippen molar-refractivity contribution in [2.75, 3.05) is 26.7 Å². The molecule has 5 heteroatoms. The molecule has 0 unspecified atom stereocenters. The molecule has 0 aromatic carbocycles. The molecule has 1 aliphatic heterocycles. The highest BCUT2D eigenvalue weighted by Gasteiger charge is 2.34. The number of piperidine rings is 1. The van der Waals surface area contributed by atoms with Crippen molar-refractivity contribution >= 4 is 5.91 Å². The van der Waals surface area contributed by atoms with Gasteiger partial charge in [0.25, 0.3) is 0 Å². The van der Waals surface area contributed by atoms with Crippen molar-refractivity contribution < 1.29 is 4.79 Å². The first-order valence-corrected chi connectivity index (χ1v) is 9.71. The number of amides is 1. The summed E-state index contributed by atoms with van der Waals surface area (Å²) < 4.78 is 1.89. The zero-order valence-corrected chi connectivity index (χ0v) is 15.9. The summed E-state index contributed by atoms with van der Waals surface area (Å²) in [5, 5.41) is 4.38. The summed E-state index contributed by atoms with van der Waals surface area (Å²) in [6.07, 6.45) is 13.9. The molecule has 138 valence electrons. The van der Waals surface area contributed by atoms with Gasteiger partial charge in [0.1, 0.15) is 0 Å². The number of likely N-dealkylation sites (tertiary alicyclic amines) is 1. The average Bonchev–Trinajstić information content (AvgIpc) is 3.26. The summed E-state index contributed by atoms with van der Waals surface area (Å²) in [5.74, 6) is 1.21. The van der Waals surface area contributed by atoms with Crippen LogP contribution in [-0.4, -0.2) is 52.2 Å². The molecule has 0 bridgehead atoms. The Hall–Kier alpha value is -1.62. The maximum atomic E-state index is 12.6. The molecule has 1 amide bonds. The second kappa shape index (κ2) is 8.17. The second-order valence-electron chi connectivity index (χ2n) is 7.67. The van der Waals surface area contributed by atoms with Gasteiger partial charge in [0.15, 0.2) is 0 Å². The summed E-state index contributed by atoms with van der Waals surface area (Å²) >= 11 is 0. The van der Waals surface area contributed by atoms with E-state index in [1.54, 1.807) is 0 Å².